The minimum absolute atomic E-state index is 0.00188. The number of aryl methyl sites for hydroxylation is 1. The molecular formula is C19H22N2O2. The van der Waals surface area contributed by atoms with Crippen LogP contribution in [-0.2, 0) is 4.79 Å². The molecule has 0 unspecified atom stereocenters. The summed E-state index contributed by atoms with van der Waals surface area (Å²) in [6, 6.07) is 15.4. The molecule has 4 nitrogen and oxygen atoms in total. The SMILES string of the molecule is Cc1cccc(Oc2ccccc2NC(=O)[C@@H]2CNC[C@H]2C)c1. The number of amides is 1. The third kappa shape index (κ3) is 3.71. The van der Waals surface area contributed by atoms with Crippen molar-refractivity contribution in [2.45, 2.75) is 13.8 Å². The van der Waals surface area contributed by atoms with Gasteiger partial charge in [0.15, 0.2) is 5.75 Å². The molecule has 1 aliphatic heterocycles. The molecule has 1 saturated heterocycles. The molecule has 2 atom stereocenters. The summed E-state index contributed by atoms with van der Waals surface area (Å²) >= 11 is 0. The first-order valence-electron chi connectivity index (χ1n) is 7.98. The van der Waals surface area contributed by atoms with Crippen LogP contribution in [0.3, 0.4) is 0 Å². The van der Waals surface area contributed by atoms with Gasteiger partial charge in [-0.25, -0.2) is 0 Å². The predicted octanol–water partition coefficient (Wildman–Crippen LogP) is 3.58. The van der Waals surface area contributed by atoms with Crippen LogP contribution >= 0.6 is 0 Å². The highest BCUT2D eigenvalue weighted by Gasteiger charge is 2.29. The van der Waals surface area contributed by atoms with Crippen molar-refractivity contribution in [1.82, 2.24) is 5.32 Å². The lowest BCUT2D eigenvalue weighted by atomic mass is 9.97. The largest absolute Gasteiger partial charge is 0.455 e. The average Bonchev–Trinajstić information content (AvgIpc) is 2.95. The maximum Gasteiger partial charge on any atom is 0.229 e. The van der Waals surface area contributed by atoms with E-state index < -0.39 is 0 Å². The van der Waals surface area contributed by atoms with E-state index in [0.29, 0.717) is 17.4 Å². The smallest absolute Gasteiger partial charge is 0.229 e. The van der Waals surface area contributed by atoms with E-state index in [2.05, 4.69) is 17.6 Å². The standard InChI is InChI=1S/C19H22N2O2/c1-13-6-5-7-15(10-13)23-18-9-4-3-8-17(18)21-19(22)16-12-20-11-14(16)2/h3-10,14,16,20H,11-12H2,1-2H3,(H,21,22)/t14-,16-/m1/s1. The zero-order valence-corrected chi connectivity index (χ0v) is 13.5. The Balaban J connectivity index is 1.76. The second-order valence-corrected chi connectivity index (χ2v) is 6.15. The Kier molecular flexibility index (Phi) is 4.63. The highest BCUT2D eigenvalue weighted by molar-refractivity contribution is 5.94. The minimum Gasteiger partial charge on any atom is -0.455 e. The highest BCUT2D eigenvalue weighted by Crippen LogP contribution is 2.30. The van der Waals surface area contributed by atoms with E-state index in [-0.39, 0.29) is 11.8 Å². The summed E-state index contributed by atoms with van der Waals surface area (Å²) < 4.78 is 5.95. The third-order valence-electron chi connectivity index (χ3n) is 4.22. The number of anilines is 1. The van der Waals surface area contributed by atoms with Crippen LogP contribution in [0.5, 0.6) is 11.5 Å². The Labute approximate surface area is 136 Å². The minimum atomic E-state index is 0.00188. The van der Waals surface area contributed by atoms with E-state index in [0.717, 1.165) is 24.4 Å². The van der Waals surface area contributed by atoms with Gasteiger partial charge in [0, 0.05) is 6.54 Å². The highest BCUT2D eigenvalue weighted by atomic mass is 16.5. The molecule has 1 aliphatic rings. The van der Waals surface area contributed by atoms with Crippen LogP contribution in [0.1, 0.15) is 12.5 Å². The first-order valence-corrected chi connectivity index (χ1v) is 7.98. The number of carbonyl (C=O) groups excluding carboxylic acids is 1. The Morgan fingerprint density at radius 2 is 2.00 bits per heavy atom. The van der Waals surface area contributed by atoms with Crippen molar-refractivity contribution in [1.29, 1.82) is 0 Å². The molecule has 120 valence electrons. The van der Waals surface area contributed by atoms with E-state index in [1.54, 1.807) is 0 Å². The van der Waals surface area contributed by atoms with Crippen molar-refractivity contribution in [2.75, 3.05) is 18.4 Å². The Bertz CT molecular complexity index is 699. The van der Waals surface area contributed by atoms with Crippen LogP contribution in [0, 0.1) is 18.8 Å². The molecule has 1 fully saturated rings. The molecule has 0 spiro atoms. The number of carbonyl (C=O) groups is 1. The molecule has 1 heterocycles. The van der Waals surface area contributed by atoms with Crippen LogP contribution in [-0.4, -0.2) is 19.0 Å². The summed E-state index contributed by atoms with van der Waals surface area (Å²) in [5.74, 6) is 1.82. The molecule has 1 amide bonds. The van der Waals surface area contributed by atoms with Gasteiger partial charge in [-0.2, -0.15) is 0 Å². The number of benzene rings is 2. The first-order chi connectivity index (χ1) is 11.1. The van der Waals surface area contributed by atoms with Crippen LogP contribution in [0.25, 0.3) is 0 Å². The van der Waals surface area contributed by atoms with Gasteiger partial charge < -0.3 is 15.4 Å². The predicted molar refractivity (Wildman–Crippen MR) is 91.8 cm³/mol. The van der Waals surface area contributed by atoms with Gasteiger partial charge in [-0.05, 0) is 49.2 Å². The Morgan fingerprint density at radius 3 is 2.74 bits per heavy atom. The van der Waals surface area contributed by atoms with Gasteiger partial charge in [-0.3, -0.25) is 4.79 Å². The number of ether oxygens (including phenoxy) is 1. The van der Waals surface area contributed by atoms with E-state index in [1.165, 1.54) is 0 Å². The molecule has 2 aromatic rings. The van der Waals surface area contributed by atoms with Gasteiger partial charge >= 0.3 is 0 Å². The molecule has 23 heavy (non-hydrogen) atoms. The quantitative estimate of drug-likeness (QED) is 0.907. The van der Waals surface area contributed by atoms with Crippen LogP contribution in [0.2, 0.25) is 0 Å². The molecule has 2 aromatic carbocycles. The molecule has 0 aliphatic carbocycles. The Hall–Kier alpha value is -2.33. The molecule has 3 rings (SSSR count). The van der Waals surface area contributed by atoms with E-state index in [9.17, 15) is 4.79 Å². The number of hydrogen-bond donors (Lipinski definition) is 2. The number of rotatable bonds is 4. The van der Waals surface area contributed by atoms with Crippen molar-refractivity contribution in [3.63, 3.8) is 0 Å². The van der Waals surface area contributed by atoms with Crippen LogP contribution < -0.4 is 15.4 Å². The maximum atomic E-state index is 12.5. The van der Waals surface area contributed by atoms with Crippen molar-refractivity contribution in [3.05, 3.63) is 54.1 Å². The maximum absolute atomic E-state index is 12.5. The van der Waals surface area contributed by atoms with E-state index >= 15 is 0 Å². The van der Waals surface area contributed by atoms with Crippen LogP contribution in [0.15, 0.2) is 48.5 Å². The lowest BCUT2D eigenvalue weighted by molar-refractivity contribution is -0.120. The monoisotopic (exact) mass is 310 g/mol. The van der Waals surface area contributed by atoms with Crippen LogP contribution in [0.4, 0.5) is 5.69 Å². The van der Waals surface area contributed by atoms with Gasteiger partial charge in [0.25, 0.3) is 0 Å². The molecule has 4 heteroatoms. The molecule has 0 radical (unpaired) electrons. The topological polar surface area (TPSA) is 50.4 Å². The summed E-state index contributed by atoms with van der Waals surface area (Å²) in [5.41, 5.74) is 1.84. The van der Waals surface area contributed by atoms with Gasteiger partial charge in [-0.15, -0.1) is 0 Å². The fourth-order valence-electron chi connectivity index (χ4n) is 2.85. The van der Waals surface area contributed by atoms with Crippen molar-refractivity contribution in [3.8, 4) is 11.5 Å². The van der Waals surface area contributed by atoms with E-state index in [4.69, 9.17) is 4.74 Å². The Morgan fingerprint density at radius 1 is 1.17 bits per heavy atom. The van der Waals surface area contributed by atoms with Gasteiger partial charge in [0.1, 0.15) is 5.75 Å². The molecular weight excluding hydrogens is 288 g/mol. The fourth-order valence-corrected chi connectivity index (χ4v) is 2.85. The van der Waals surface area contributed by atoms with E-state index in [1.807, 2.05) is 55.5 Å². The number of para-hydroxylation sites is 2. The van der Waals surface area contributed by atoms with Crippen molar-refractivity contribution in [2.24, 2.45) is 11.8 Å². The zero-order chi connectivity index (χ0) is 16.2. The molecule has 0 saturated carbocycles. The summed E-state index contributed by atoms with van der Waals surface area (Å²) in [4.78, 5) is 12.5. The number of nitrogens with one attached hydrogen (secondary N) is 2. The van der Waals surface area contributed by atoms with Crippen molar-refractivity contribution < 1.29 is 9.53 Å². The van der Waals surface area contributed by atoms with Gasteiger partial charge in [-0.1, -0.05) is 31.2 Å². The zero-order valence-electron chi connectivity index (χ0n) is 13.5. The lowest BCUT2D eigenvalue weighted by Gasteiger charge is -2.16. The average molecular weight is 310 g/mol. The second-order valence-electron chi connectivity index (χ2n) is 6.15. The number of hydrogen-bond acceptors (Lipinski definition) is 3. The van der Waals surface area contributed by atoms with Gasteiger partial charge in [0.2, 0.25) is 5.91 Å². The third-order valence-corrected chi connectivity index (χ3v) is 4.22. The summed E-state index contributed by atoms with van der Waals surface area (Å²) in [5, 5.41) is 6.27. The van der Waals surface area contributed by atoms with Gasteiger partial charge in [0.05, 0.1) is 11.6 Å². The lowest BCUT2D eigenvalue weighted by Crippen LogP contribution is -2.27. The summed E-state index contributed by atoms with van der Waals surface area (Å²) in [6.07, 6.45) is 0. The first kappa shape index (κ1) is 15.6. The fraction of sp³-hybridized carbons (Fsp3) is 0.316. The summed E-state index contributed by atoms with van der Waals surface area (Å²) in [7, 11) is 0. The second kappa shape index (κ2) is 6.84. The van der Waals surface area contributed by atoms with Crippen molar-refractivity contribution >= 4 is 11.6 Å². The normalized spacial score (nSPS) is 20.3. The molecule has 0 bridgehead atoms. The molecule has 2 N–H and O–H groups in total. The summed E-state index contributed by atoms with van der Waals surface area (Å²) in [6.45, 7) is 5.74. The molecule has 0 aromatic heterocycles.